The molecular weight excluding hydrogens is 356 g/mol. The van der Waals surface area contributed by atoms with E-state index in [9.17, 15) is 10.2 Å². The van der Waals surface area contributed by atoms with Crippen LogP contribution in [0.25, 0.3) is 0 Å². The quantitative estimate of drug-likeness (QED) is 0.585. The van der Waals surface area contributed by atoms with Crippen LogP contribution in [0.3, 0.4) is 0 Å². The summed E-state index contributed by atoms with van der Waals surface area (Å²) in [6, 6.07) is 0. The molecule has 0 aromatic rings. The summed E-state index contributed by atoms with van der Waals surface area (Å²) in [4.78, 5) is 0. The molecule has 0 bridgehead atoms. The predicted octanol–water partition coefficient (Wildman–Crippen LogP) is 4.59. The first kappa shape index (κ1) is 22.5. The van der Waals surface area contributed by atoms with Crippen molar-refractivity contribution in [2.75, 3.05) is 6.61 Å². The molecule has 164 valence electrons. The molecule has 0 aromatic carbocycles. The lowest BCUT2D eigenvalue weighted by Crippen LogP contribution is -2.67. The molecule has 0 aromatic heterocycles. The number of hydrogen-bond donors (Lipinski definition) is 2. The van der Waals surface area contributed by atoms with E-state index in [4.69, 9.17) is 14.2 Å². The summed E-state index contributed by atoms with van der Waals surface area (Å²) < 4.78 is 18.3. The fourth-order valence-corrected chi connectivity index (χ4v) is 5.81. The molecule has 5 heteroatoms. The van der Waals surface area contributed by atoms with Gasteiger partial charge in [0.15, 0.2) is 18.4 Å². The van der Waals surface area contributed by atoms with Crippen molar-refractivity contribution in [1.82, 2.24) is 0 Å². The Balaban J connectivity index is 1.64. The van der Waals surface area contributed by atoms with Gasteiger partial charge in [-0.15, -0.1) is 0 Å². The van der Waals surface area contributed by atoms with Gasteiger partial charge in [-0.1, -0.05) is 52.9 Å². The van der Waals surface area contributed by atoms with Crippen LogP contribution in [0.2, 0.25) is 0 Å². The van der Waals surface area contributed by atoms with Crippen LogP contribution in [0.5, 0.6) is 0 Å². The van der Waals surface area contributed by atoms with E-state index in [0.29, 0.717) is 18.9 Å². The third kappa shape index (κ3) is 4.59. The lowest BCUT2D eigenvalue weighted by molar-refractivity contribution is -0.408. The van der Waals surface area contributed by atoms with Gasteiger partial charge in [-0.3, -0.25) is 0 Å². The summed E-state index contributed by atoms with van der Waals surface area (Å²) in [7, 11) is 0. The first-order chi connectivity index (χ1) is 13.3. The number of aliphatic hydroxyl groups is 2. The van der Waals surface area contributed by atoms with Crippen LogP contribution in [0.15, 0.2) is 0 Å². The maximum Gasteiger partial charge on any atom is 0.193 e. The Morgan fingerprint density at radius 3 is 2.43 bits per heavy atom. The molecule has 0 amide bonds. The largest absolute Gasteiger partial charge is 0.384 e. The number of ether oxygens (including phenoxy) is 3. The van der Waals surface area contributed by atoms with Gasteiger partial charge < -0.3 is 24.4 Å². The highest BCUT2D eigenvalue weighted by molar-refractivity contribution is 5.06. The molecule has 3 aliphatic rings. The van der Waals surface area contributed by atoms with Crippen LogP contribution in [-0.4, -0.2) is 40.8 Å². The van der Waals surface area contributed by atoms with Crippen molar-refractivity contribution in [3.05, 3.63) is 0 Å². The summed E-state index contributed by atoms with van der Waals surface area (Å²) in [5.41, 5.74) is -1.04. The summed E-state index contributed by atoms with van der Waals surface area (Å²) in [5, 5.41) is 22.4. The second-order valence-corrected chi connectivity index (χ2v) is 9.82. The zero-order valence-corrected chi connectivity index (χ0v) is 18.4. The normalized spacial score (nSPS) is 46.1. The van der Waals surface area contributed by atoms with Gasteiger partial charge in [0.2, 0.25) is 0 Å². The monoisotopic (exact) mass is 398 g/mol. The molecule has 1 aliphatic carbocycles. The Hall–Kier alpha value is -0.200. The van der Waals surface area contributed by atoms with Gasteiger partial charge in [0.05, 0.1) is 0 Å². The fraction of sp³-hybridized carbons (Fsp3) is 1.00. The van der Waals surface area contributed by atoms with Crippen molar-refractivity contribution >= 4 is 0 Å². The van der Waals surface area contributed by atoms with E-state index in [1.807, 2.05) is 0 Å². The Morgan fingerprint density at radius 2 is 1.68 bits per heavy atom. The molecule has 5 nitrogen and oxygen atoms in total. The minimum absolute atomic E-state index is 0.0795. The summed E-state index contributed by atoms with van der Waals surface area (Å²) in [6.45, 7) is 8.94. The lowest BCUT2D eigenvalue weighted by atomic mass is 9.58. The average Bonchev–Trinajstić information content (AvgIpc) is 2.73. The van der Waals surface area contributed by atoms with Crippen LogP contribution in [0.1, 0.15) is 91.9 Å². The second-order valence-electron chi connectivity index (χ2n) is 9.82. The van der Waals surface area contributed by atoms with E-state index in [1.165, 1.54) is 32.1 Å². The van der Waals surface area contributed by atoms with Crippen molar-refractivity contribution in [3.8, 4) is 0 Å². The van der Waals surface area contributed by atoms with E-state index in [2.05, 4.69) is 20.8 Å². The smallest absolute Gasteiger partial charge is 0.193 e. The van der Waals surface area contributed by atoms with E-state index >= 15 is 0 Å². The number of unbranched alkanes of at least 4 members (excludes halogenated alkanes) is 5. The maximum absolute atomic E-state index is 11.8. The van der Waals surface area contributed by atoms with E-state index in [1.54, 1.807) is 6.92 Å². The number of rotatable bonds is 8. The number of hydrogen-bond acceptors (Lipinski definition) is 5. The maximum atomic E-state index is 11.8. The molecule has 3 fully saturated rings. The third-order valence-corrected chi connectivity index (χ3v) is 7.57. The molecule has 2 saturated heterocycles. The van der Waals surface area contributed by atoms with E-state index < -0.39 is 17.7 Å². The molecule has 2 N–H and O–H groups in total. The topological polar surface area (TPSA) is 68.2 Å². The van der Waals surface area contributed by atoms with Crippen molar-refractivity contribution < 1.29 is 24.4 Å². The van der Waals surface area contributed by atoms with Crippen LogP contribution in [-0.2, 0) is 14.2 Å². The predicted molar refractivity (Wildman–Crippen MR) is 108 cm³/mol. The Bertz CT molecular complexity index is 495. The first-order valence-corrected chi connectivity index (χ1v) is 11.7. The Labute approximate surface area is 171 Å². The van der Waals surface area contributed by atoms with Gasteiger partial charge >= 0.3 is 0 Å². The van der Waals surface area contributed by atoms with Crippen molar-refractivity contribution in [1.29, 1.82) is 0 Å². The SMILES string of the molecule is CCCCCCCCOC1O[C@@H]2OC(C)(O)CCC3[C@H](C)CCC([C@H]1C)[C@]32O. The van der Waals surface area contributed by atoms with E-state index in [0.717, 1.165) is 25.7 Å². The molecule has 2 heterocycles. The summed E-state index contributed by atoms with van der Waals surface area (Å²) >= 11 is 0. The van der Waals surface area contributed by atoms with Crippen molar-refractivity contribution in [3.63, 3.8) is 0 Å². The Morgan fingerprint density at radius 1 is 0.964 bits per heavy atom. The molecule has 4 unspecified atom stereocenters. The fourth-order valence-electron chi connectivity index (χ4n) is 5.81. The first-order valence-electron chi connectivity index (χ1n) is 11.7. The molecule has 0 radical (unpaired) electrons. The van der Waals surface area contributed by atoms with Gasteiger partial charge in [0.1, 0.15) is 5.60 Å². The van der Waals surface area contributed by atoms with Gasteiger partial charge in [0, 0.05) is 24.9 Å². The average molecular weight is 399 g/mol. The molecule has 2 aliphatic heterocycles. The van der Waals surface area contributed by atoms with Crippen LogP contribution in [0.4, 0.5) is 0 Å². The highest BCUT2D eigenvalue weighted by Gasteiger charge is 2.63. The van der Waals surface area contributed by atoms with Crippen molar-refractivity contribution in [2.45, 2.75) is 116 Å². The molecule has 0 spiro atoms. The molecule has 1 saturated carbocycles. The van der Waals surface area contributed by atoms with Crippen LogP contribution < -0.4 is 0 Å². The minimum Gasteiger partial charge on any atom is -0.384 e. The second kappa shape index (κ2) is 9.30. The molecule has 3 rings (SSSR count). The summed E-state index contributed by atoms with van der Waals surface area (Å²) in [6.07, 6.45) is 9.48. The van der Waals surface area contributed by atoms with Crippen LogP contribution >= 0.6 is 0 Å². The van der Waals surface area contributed by atoms with Gasteiger partial charge in [-0.2, -0.15) is 0 Å². The molecular formula is C23H42O5. The summed E-state index contributed by atoms with van der Waals surface area (Å²) in [5.74, 6) is -0.587. The van der Waals surface area contributed by atoms with Crippen molar-refractivity contribution in [2.24, 2.45) is 23.7 Å². The molecule has 28 heavy (non-hydrogen) atoms. The highest BCUT2D eigenvalue weighted by Crippen LogP contribution is 2.55. The van der Waals surface area contributed by atoms with Gasteiger partial charge in [-0.25, -0.2) is 0 Å². The lowest BCUT2D eigenvalue weighted by Gasteiger charge is -2.57. The Kier molecular flexibility index (Phi) is 7.47. The third-order valence-electron chi connectivity index (χ3n) is 7.57. The van der Waals surface area contributed by atoms with Gasteiger partial charge in [0.25, 0.3) is 0 Å². The molecule has 8 atom stereocenters. The highest BCUT2D eigenvalue weighted by atomic mass is 16.8. The zero-order valence-electron chi connectivity index (χ0n) is 18.4. The zero-order chi connectivity index (χ0) is 20.4. The van der Waals surface area contributed by atoms with Crippen LogP contribution in [0, 0.1) is 23.7 Å². The van der Waals surface area contributed by atoms with E-state index in [-0.39, 0.29) is 24.0 Å². The standard InChI is InChI=1S/C23H42O5/c1-5-6-7-8-9-10-15-26-20-17(3)19-12-11-16(2)18-13-14-22(4,24)28-21(27-20)23(18,19)25/h16-21,24-25H,5-15H2,1-4H3/t16-,17-,18?,19?,20?,21-,22?,23-/m1/s1. The van der Waals surface area contributed by atoms with Gasteiger partial charge in [-0.05, 0) is 44.4 Å². The minimum atomic E-state index is -1.27.